The van der Waals surface area contributed by atoms with Crippen LogP contribution in [0.3, 0.4) is 0 Å². The van der Waals surface area contributed by atoms with Crippen molar-refractivity contribution in [2.24, 2.45) is 0 Å². The number of piperazine rings is 1. The Labute approximate surface area is 203 Å². The van der Waals surface area contributed by atoms with Crippen LogP contribution in [-0.4, -0.2) is 70.9 Å². The summed E-state index contributed by atoms with van der Waals surface area (Å²) in [6.45, 7) is 5.56. The monoisotopic (exact) mass is 488 g/mol. The number of halogens is 3. The smallest absolute Gasteiger partial charge is 0.411 e. The van der Waals surface area contributed by atoms with Crippen molar-refractivity contribution in [1.82, 2.24) is 14.8 Å². The van der Waals surface area contributed by atoms with Gasteiger partial charge in [0.2, 0.25) is 0 Å². The fourth-order valence-corrected chi connectivity index (χ4v) is 5.70. The van der Waals surface area contributed by atoms with Crippen LogP contribution in [0, 0.1) is 0 Å². The number of alkyl halides is 3. The highest BCUT2D eigenvalue weighted by molar-refractivity contribution is 5.79. The van der Waals surface area contributed by atoms with Crippen molar-refractivity contribution in [2.75, 3.05) is 31.1 Å². The van der Waals surface area contributed by atoms with Gasteiger partial charge in [-0.1, -0.05) is 19.1 Å². The first-order valence-electron chi connectivity index (χ1n) is 12.4. The number of carbonyl (C=O) groups excluding carboxylic acids is 1. The Kier molecular flexibility index (Phi) is 6.05. The maximum atomic E-state index is 14.0. The highest BCUT2D eigenvalue weighted by atomic mass is 19.4. The van der Waals surface area contributed by atoms with Gasteiger partial charge in [0.25, 0.3) is 0 Å². The molecule has 3 aliphatic rings. The van der Waals surface area contributed by atoms with Gasteiger partial charge in [0.15, 0.2) is 0 Å². The maximum absolute atomic E-state index is 14.0. The minimum atomic E-state index is -4.41. The summed E-state index contributed by atoms with van der Waals surface area (Å²) in [6.07, 6.45) is -1.32. The Morgan fingerprint density at radius 3 is 2.43 bits per heavy atom. The van der Waals surface area contributed by atoms with Crippen LogP contribution in [-0.2, 0) is 0 Å². The molecule has 2 amide bonds. The summed E-state index contributed by atoms with van der Waals surface area (Å²) in [7, 11) is 0. The molecule has 3 fully saturated rings. The summed E-state index contributed by atoms with van der Waals surface area (Å²) < 4.78 is 47.6. The van der Waals surface area contributed by atoms with Crippen molar-refractivity contribution in [3.8, 4) is 17.0 Å². The Bertz CT molecular complexity index is 1070. The summed E-state index contributed by atoms with van der Waals surface area (Å²) in [5, 5.41) is 0. The quantitative estimate of drug-likeness (QED) is 0.551. The van der Waals surface area contributed by atoms with Crippen LogP contribution >= 0.6 is 0 Å². The van der Waals surface area contributed by atoms with Crippen molar-refractivity contribution < 1.29 is 22.7 Å². The molecule has 3 heterocycles. The van der Waals surface area contributed by atoms with Crippen LogP contribution in [0.15, 0.2) is 42.6 Å². The van der Waals surface area contributed by atoms with Gasteiger partial charge >= 0.3 is 12.2 Å². The molecular formula is C26H31F3N4O2. The van der Waals surface area contributed by atoms with Crippen molar-refractivity contribution in [3.05, 3.63) is 42.6 Å². The first-order chi connectivity index (χ1) is 16.8. The average molecular weight is 489 g/mol. The van der Waals surface area contributed by atoms with E-state index in [1.54, 1.807) is 4.90 Å². The number of carbonyl (C=O) groups is 1. The van der Waals surface area contributed by atoms with Crippen molar-refractivity contribution >= 4 is 11.7 Å². The zero-order chi connectivity index (χ0) is 24.8. The molecule has 2 atom stereocenters. The molecular weight excluding hydrogens is 457 g/mol. The van der Waals surface area contributed by atoms with Crippen LogP contribution in [0.1, 0.15) is 39.5 Å². The number of benzene rings is 1. The molecule has 1 saturated carbocycles. The summed E-state index contributed by atoms with van der Waals surface area (Å²) >= 11 is 0. The number of pyridine rings is 1. The minimum absolute atomic E-state index is 0.00166. The van der Waals surface area contributed by atoms with Gasteiger partial charge in [0, 0.05) is 31.2 Å². The number of urea groups is 1. The molecule has 1 aromatic carbocycles. The standard InChI is InChI=1S/C26H31F3N4O2/c1-3-18-15-32-20(17-33(24(32)34)25(12-7-13-25)26(27,28)29)16-31(18)19-10-11-22(30-14-19)21-8-5-6-9-23(21)35-4-2/h5-6,8-11,14,18,20H,3-4,7,12-13,15-17H2,1-2H3/t18-,20+/m1/s1. The maximum Gasteiger partial charge on any atom is 0.411 e. The number of hydrogen-bond donors (Lipinski definition) is 0. The molecule has 1 aliphatic carbocycles. The molecule has 0 unspecified atom stereocenters. The number of ether oxygens (including phenoxy) is 1. The van der Waals surface area contributed by atoms with Crippen molar-refractivity contribution in [1.29, 1.82) is 0 Å². The lowest BCUT2D eigenvalue weighted by Crippen LogP contribution is -2.64. The topological polar surface area (TPSA) is 48.9 Å². The third-order valence-electron chi connectivity index (χ3n) is 7.81. The first kappa shape index (κ1) is 23.8. The van der Waals surface area contributed by atoms with Gasteiger partial charge in [0.05, 0.1) is 30.2 Å². The molecule has 2 saturated heterocycles. The molecule has 9 heteroatoms. The Morgan fingerprint density at radius 2 is 1.83 bits per heavy atom. The van der Waals surface area contributed by atoms with Gasteiger partial charge in [0.1, 0.15) is 11.3 Å². The zero-order valence-electron chi connectivity index (χ0n) is 20.1. The second-order valence-electron chi connectivity index (χ2n) is 9.63. The van der Waals surface area contributed by atoms with E-state index in [2.05, 4.69) is 9.88 Å². The summed E-state index contributed by atoms with van der Waals surface area (Å²) in [5.74, 6) is 0.773. The molecule has 0 N–H and O–H groups in total. The lowest BCUT2D eigenvalue weighted by atomic mass is 9.74. The third-order valence-corrected chi connectivity index (χ3v) is 7.81. The summed E-state index contributed by atoms with van der Waals surface area (Å²) in [6, 6.07) is 11.0. The van der Waals surface area contributed by atoms with Crippen molar-refractivity contribution in [2.45, 2.75) is 63.3 Å². The van der Waals surface area contributed by atoms with E-state index >= 15 is 0 Å². The van der Waals surface area contributed by atoms with E-state index in [1.807, 2.05) is 56.4 Å². The van der Waals surface area contributed by atoms with Crippen LogP contribution in [0.5, 0.6) is 5.75 Å². The summed E-state index contributed by atoms with van der Waals surface area (Å²) in [4.78, 5) is 22.8. The number of rotatable bonds is 6. The number of amides is 2. The predicted molar refractivity (Wildman–Crippen MR) is 128 cm³/mol. The van der Waals surface area contributed by atoms with Gasteiger partial charge in [-0.05, 0) is 56.9 Å². The number of nitrogens with zero attached hydrogens (tertiary/aromatic N) is 4. The molecule has 188 valence electrons. The third kappa shape index (κ3) is 3.89. The minimum Gasteiger partial charge on any atom is -0.493 e. The highest BCUT2D eigenvalue weighted by Gasteiger charge is 2.65. The lowest BCUT2D eigenvalue weighted by molar-refractivity contribution is -0.245. The normalized spacial score (nSPS) is 23.8. The van der Waals surface area contributed by atoms with Crippen LogP contribution in [0.25, 0.3) is 11.3 Å². The van der Waals surface area contributed by atoms with Crippen LogP contribution < -0.4 is 9.64 Å². The first-order valence-corrected chi connectivity index (χ1v) is 12.4. The average Bonchev–Trinajstić information content (AvgIpc) is 3.12. The van der Waals surface area contributed by atoms with E-state index in [0.29, 0.717) is 26.1 Å². The Balaban J connectivity index is 1.37. The van der Waals surface area contributed by atoms with E-state index < -0.39 is 17.7 Å². The van der Waals surface area contributed by atoms with E-state index in [4.69, 9.17) is 4.74 Å². The number of fused-ring (bicyclic) bond motifs is 1. The Morgan fingerprint density at radius 1 is 1.06 bits per heavy atom. The zero-order valence-corrected chi connectivity index (χ0v) is 20.1. The molecule has 5 rings (SSSR count). The van der Waals surface area contributed by atoms with E-state index in [-0.39, 0.29) is 31.5 Å². The molecule has 1 aromatic heterocycles. The molecule has 0 radical (unpaired) electrons. The number of para-hydroxylation sites is 1. The predicted octanol–water partition coefficient (Wildman–Crippen LogP) is 5.34. The second-order valence-corrected chi connectivity index (χ2v) is 9.63. The Hall–Kier alpha value is -2.97. The fourth-order valence-electron chi connectivity index (χ4n) is 5.70. The molecule has 2 aliphatic heterocycles. The van der Waals surface area contributed by atoms with Gasteiger partial charge in [-0.3, -0.25) is 4.98 Å². The lowest BCUT2D eigenvalue weighted by Gasteiger charge is -2.48. The number of hydrogen-bond acceptors (Lipinski definition) is 4. The second kappa shape index (κ2) is 8.91. The molecule has 2 aromatic rings. The molecule has 6 nitrogen and oxygen atoms in total. The van der Waals surface area contributed by atoms with Gasteiger partial charge in [-0.25, -0.2) is 4.79 Å². The molecule has 0 spiro atoms. The van der Waals surface area contributed by atoms with E-state index in [0.717, 1.165) is 34.0 Å². The van der Waals surface area contributed by atoms with Crippen LogP contribution in [0.2, 0.25) is 0 Å². The van der Waals surface area contributed by atoms with Crippen LogP contribution in [0.4, 0.5) is 23.7 Å². The van der Waals surface area contributed by atoms with Gasteiger partial charge < -0.3 is 19.4 Å². The summed E-state index contributed by atoms with van der Waals surface area (Å²) in [5.41, 5.74) is 0.622. The SMILES string of the molecule is CCOc1ccccc1-c1ccc(N2C[C@H]3CN(C4(C(F)(F)F)CCC4)C(=O)N3C[C@H]2CC)cn1. The van der Waals surface area contributed by atoms with Crippen molar-refractivity contribution in [3.63, 3.8) is 0 Å². The number of anilines is 1. The molecule has 35 heavy (non-hydrogen) atoms. The van der Waals surface area contributed by atoms with Gasteiger partial charge in [-0.15, -0.1) is 0 Å². The van der Waals surface area contributed by atoms with E-state index in [9.17, 15) is 18.0 Å². The van der Waals surface area contributed by atoms with Gasteiger partial charge in [-0.2, -0.15) is 13.2 Å². The highest BCUT2D eigenvalue weighted by Crippen LogP contribution is 2.51. The largest absolute Gasteiger partial charge is 0.493 e. The van der Waals surface area contributed by atoms with E-state index in [1.165, 1.54) is 0 Å². The molecule has 0 bridgehead atoms. The fraction of sp³-hybridized carbons (Fsp3) is 0.538. The number of aromatic nitrogens is 1.